The van der Waals surface area contributed by atoms with E-state index >= 15 is 0 Å². The van der Waals surface area contributed by atoms with Crippen LogP contribution in [0, 0.1) is 5.92 Å². The molecule has 1 aromatic heterocycles. The zero-order valence-corrected chi connectivity index (χ0v) is 14.7. The third-order valence-corrected chi connectivity index (χ3v) is 5.55. The molecule has 2 aromatic rings. The second-order valence-electron chi connectivity index (χ2n) is 6.90. The Morgan fingerprint density at radius 2 is 2.09 bits per heavy atom. The summed E-state index contributed by atoms with van der Waals surface area (Å²) < 4.78 is 6.37. The van der Waals surface area contributed by atoms with E-state index in [4.69, 9.17) is 4.74 Å². The van der Waals surface area contributed by atoms with Crippen LogP contribution >= 0.6 is 0 Å². The van der Waals surface area contributed by atoms with Crippen molar-refractivity contribution < 1.29 is 4.74 Å². The Morgan fingerprint density at radius 3 is 2.78 bits per heavy atom. The topological polar surface area (TPSA) is 25.0 Å². The lowest BCUT2D eigenvalue weighted by molar-refractivity contribution is -0.0885. The quantitative estimate of drug-likeness (QED) is 0.701. The van der Waals surface area contributed by atoms with Crippen molar-refractivity contribution in [1.82, 2.24) is 4.98 Å². The first kappa shape index (κ1) is 16.3. The standard InChI is InChI=1S/C21H29NO/c1-4-14-23-21(16(3)5-2)12-10-17(11-13-21)19-15-22-20-9-7-6-8-18(19)20/h6-10,15-16,22H,4-5,11-14H2,1-3H3. The molecule has 1 heterocycles. The van der Waals surface area contributed by atoms with E-state index in [1.165, 1.54) is 28.5 Å². The van der Waals surface area contributed by atoms with Crippen LogP contribution in [-0.4, -0.2) is 17.2 Å². The summed E-state index contributed by atoms with van der Waals surface area (Å²) in [5.41, 5.74) is 4.11. The maximum absolute atomic E-state index is 6.37. The van der Waals surface area contributed by atoms with E-state index in [0.717, 1.165) is 32.3 Å². The monoisotopic (exact) mass is 311 g/mol. The van der Waals surface area contributed by atoms with Gasteiger partial charge in [-0.25, -0.2) is 0 Å². The second kappa shape index (κ2) is 6.92. The molecule has 0 bridgehead atoms. The van der Waals surface area contributed by atoms with E-state index in [2.05, 4.69) is 62.3 Å². The molecule has 2 heteroatoms. The van der Waals surface area contributed by atoms with E-state index in [1.807, 2.05) is 0 Å². The molecule has 23 heavy (non-hydrogen) atoms. The molecule has 0 radical (unpaired) electrons. The average Bonchev–Trinajstić information content (AvgIpc) is 3.04. The third kappa shape index (κ3) is 3.10. The van der Waals surface area contributed by atoms with Gasteiger partial charge in [-0.15, -0.1) is 0 Å². The lowest BCUT2D eigenvalue weighted by atomic mass is 9.75. The van der Waals surface area contributed by atoms with Gasteiger partial charge in [-0.05, 0) is 43.2 Å². The van der Waals surface area contributed by atoms with E-state index in [0.29, 0.717) is 5.92 Å². The Bertz CT molecular complexity index is 684. The molecule has 1 aliphatic rings. The van der Waals surface area contributed by atoms with Crippen molar-refractivity contribution in [3.05, 3.63) is 42.1 Å². The summed E-state index contributed by atoms with van der Waals surface area (Å²) >= 11 is 0. The number of benzene rings is 1. The SMILES string of the molecule is CCCOC1(C(C)CC)CC=C(c2c[nH]c3ccccc23)CC1. The van der Waals surface area contributed by atoms with Crippen molar-refractivity contribution in [1.29, 1.82) is 0 Å². The maximum Gasteiger partial charge on any atom is 0.0745 e. The molecule has 2 nitrogen and oxygen atoms in total. The highest BCUT2D eigenvalue weighted by Crippen LogP contribution is 2.42. The summed E-state index contributed by atoms with van der Waals surface area (Å²) in [6.45, 7) is 7.70. The molecule has 0 saturated heterocycles. The highest BCUT2D eigenvalue weighted by atomic mass is 16.5. The molecule has 1 aromatic carbocycles. The molecule has 1 N–H and O–H groups in total. The smallest absolute Gasteiger partial charge is 0.0745 e. The number of H-pyrrole nitrogens is 1. The normalized spacial score (nSPS) is 23.0. The molecular formula is C21H29NO. The van der Waals surface area contributed by atoms with Crippen LogP contribution in [-0.2, 0) is 4.74 Å². The minimum Gasteiger partial charge on any atom is -0.374 e. The number of fused-ring (bicyclic) bond motifs is 1. The van der Waals surface area contributed by atoms with Crippen molar-refractivity contribution in [3.63, 3.8) is 0 Å². The van der Waals surface area contributed by atoms with Crippen molar-refractivity contribution in [3.8, 4) is 0 Å². The molecule has 0 fully saturated rings. The summed E-state index contributed by atoms with van der Waals surface area (Å²) in [5, 5.41) is 1.34. The summed E-state index contributed by atoms with van der Waals surface area (Å²) in [6, 6.07) is 8.57. The van der Waals surface area contributed by atoms with Crippen LogP contribution in [0.25, 0.3) is 16.5 Å². The summed E-state index contributed by atoms with van der Waals surface area (Å²) in [7, 11) is 0. The van der Waals surface area contributed by atoms with E-state index < -0.39 is 0 Å². The number of rotatable bonds is 6. The van der Waals surface area contributed by atoms with Crippen LogP contribution in [0.3, 0.4) is 0 Å². The number of hydrogen-bond donors (Lipinski definition) is 1. The summed E-state index contributed by atoms with van der Waals surface area (Å²) in [6.07, 6.45) is 10.2. The second-order valence-corrected chi connectivity index (χ2v) is 6.90. The lowest BCUT2D eigenvalue weighted by Gasteiger charge is -2.41. The number of aromatic amines is 1. The predicted octanol–water partition coefficient (Wildman–Crippen LogP) is 5.95. The fourth-order valence-electron chi connectivity index (χ4n) is 3.83. The van der Waals surface area contributed by atoms with Crippen LogP contribution in [0.1, 0.15) is 58.4 Å². The van der Waals surface area contributed by atoms with Gasteiger partial charge in [-0.3, -0.25) is 0 Å². The van der Waals surface area contributed by atoms with Gasteiger partial charge in [-0.1, -0.05) is 51.5 Å². The Hall–Kier alpha value is -1.54. The Kier molecular flexibility index (Phi) is 4.91. The average molecular weight is 311 g/mol. The van der Waals surface area contributed by atoms with Crippen molar-refractivity contribution >= 4 is 16.5 Å². The number of ether oxygens (including phenoxy) is 1. The van der Waals surface area contributed by atoms with Gasteiger partial charge in [0.05, 0.1) is 5.60 Å². The zero-order valence-electron chi connectivity index (χ0n) is 14.7. The van der Waals surface area contributed by atoms with Gasteiger partial charge in [0, 0.05) is 29.3 Å². The van der Waals surface area contributed by atoms with Crippen LogP contribution < -0.4 is 0 Å². The van der Waals surface area contributed by atoms with E-state index in [-0.39, 0.29) is 5.60 Å². The van der Waals surface area contributed by atoms with Gasteiger partial charge >= 0.3 is 0 Å². The number of nitrogens with one attached hydrogen (secondary N) is 1. The molecule has 3 rings (SSSR count). The fourth-order valence-corrected chi connectivity index (χ4v) is 3.83. The summed E-state index contributed by atoms with van der Waals surface area (Å²) in [4.78, 5) is 3.40. The maximum atomic E-state index is 6.37. The predicted molar refractivity (Wildman–Crippen MR) is 98.6 cm³/mol. The van der Waals surface area contributed by atoms with Gasteiger partial charge in [0.2, 0.25) is 0 Å². The molecule has 0 saturated carbocycles. The first-order valence-corrected chi connectivity index (χ1v) is 9.09. The minimum absolute atomic E-state index is 0.0420. The first-order chi connectivity index (χ1) is 11.2. The fraction of sp³-hybridized carbons (Fsp3) is 0.524. The van der Waals surface area contributed by atoms with Gasteiger partial charge in [-0.2, -0.15) is 0 Å². The summed E-state index contributed by atoms with van der Waals surface area (Å²) in [5.74, 6) is 0.606. The Morgan fingerprint density at radius 1 is 1.26 bits per heavy atom. The number of allylic oxidation sites excluding steroid dienone is 1. The van der Waals surface area contributed by atoms with Crippen LogP contribution in [0.2, 0.25) is 0 Å². The number of hydrogen-bond acceptors (Lipinski definition) is 1. The molecular weight excluding hydrogens is 282 g/mol. The van der Waals surface area contributed by atoms with E-state index in [1.54, 1.807) is 0 Å². The molecule has 0 amide bonds. The van der Waals surface area contributed by atoms with Crippen LogP contribution in [0.4, 0.5) is 0 Å². The van der Waals surface area contributed by atoms with Crippen LogP contribution in [0.15, 0.2) is 36.5 Å². The van der Waals surface area contributed by atoms with E-state index in [9.17, 15) is 0 Å². The minimum atomic E-state index is 0.0420. The third-order valence-electron chi connectivity index (χ3n) is 5.55. The van der Waals surface area contributed by atoms with Gasteiger partial charge in [0.25, 0.3) is 0 Å². The highest BCUT2D eigenvalue weighted by molar-refractivity contribution is 5.92. The largest absolute Gasteiger partial charge is 0.374 e. The number of para-hydroxylation sites is 1. The Balaban J connectivity index is 1.86. The van der Waals surface area contributed by atoms with Gasteiger partial charge in [0.1, 0.15) is 0 Å². The molecule has 0 spiro atoms. The van der Waals surface area contributed by atoms with Crippen molar-refractivity contribution in [2.24, 2.45) is 5.92 Å². The number of aromatic nitrogens is 1. The highest BCUT2D eigenvalue weighted by Gasteiger charge is 2.37. The zero-order chi connectivity index (χ0) is 16.3. The molecule has 1 aliphatic carbocycles. The lowest BCUT2D eigenvalue weighted by Crippen LogP contribution is -2.41. The van der Waals surface area contributed by atoms with Crippen LogP contribution in [0.5, 0.6) is 0 Å². The van der Waals surface area contributed by atoms with Crippen molar-refractivity contribution in [2.75, 3.05) is 6.61 Å². The molecule has 124 valence electrons. The van der Waals surface area contributed by atoms with Crippen molar-refractivity contribution in [2.45, 2.75) is 58.5 Å². The van der Waals surface area contributed by atoms with Gasteiger partial charge in [0.15, 0.2) is 0 Å². The molecule has 2 unspecified atom stereocenters. The van der Waals surface area contributed by atoms with Gasteiger partial charge < -0.3 is 9.72 Å². The Labute approximate surface area is 139 Å². The first-order valence-electron chi connectivity index (χ1n) is 9.09. The molecule has 2 atom stereocenters. The molecule has 0 aliphatic heterocycles.